The van der Waals surface area contributed by atoms with Gasteiger partial charge in [0.1, 0.15) is 0 Å². The smallest absolute Gasteiger partial charge is 0.337 e. The number of sulfone groups is 1. The summed E-state index contributed by atoms with van der Waals surface area (Å²) < 4.78 is 53.8. The average Bonchev–Trinajstić information content (AvgIpc) is 2.79. The molecule has 0 spiro atoms. The zero-order valence-electron chi connectivity index (χ0n) is 11.3. The molecule has 9 heteroatoms. The Morgan fingerprint density at radius 1 is 1.29 bits per heavy atom. The van der Waals surface area contributed by atoms with E-state index in [2.05, 4.69) is 9.46 Å². The van der Waals surface area contributed by atoms with E-state index < -0.39 is 31.1 Å². The maximum atomic E-state index is 12.1. The number of nitrogens with one attached hydrogen (secondary N) is 1. The summed E-state index contributed by atoms with van der Waals surface area (Å²) in [6.45, 7) is 0. The Morgan fingerprint density at radius 2 is 1.90 bits per heavy atom. The zero-order valence-corrected chi connectivity index (χ0v) is 12.9. The van der Waals surface area contributed by atoms with Crippen molar-refractivity contribution in [3.8, 4) is 0 Å². The largest absolute Gasteiger partial charge is 0.465 e. The molecule has 21 heavy (non-hydrogen) atoms. The van der Waals surface area contributed by atoms with Gasteiger partial charge in [-0.15, -0.1) is 0 Å². The molecular formula is C12H15NO6S2. The van der Waals surface area contributed by atoms with Crippen LogP contribution in [0.15, 0.2) is 24.3 Å². The van der Waals surface area contributed by atoms with E-state index in [1.807, 2.05) is 0 Å². The number of carbonyl (C=O) groups excluding carboxylic acids is 1. The molecule has 1 fully saturated rings. The molecule has 0 aromatic heterocycles. The highest BCUT2D eigenvalue weighted by Gasteiger charge is 2.37. The van der Waals surface area contributed by atoms with Crippen LogP contribution in [0.1, 0.15) is 16.8 Å². The Balaban J connectivity index is 2.12. The van der Waals surface area contributed by atoms with Crippen molar-refractivity contribution in [2.75, 3.05) is 23.3 Å². The van der Waals surface area contributed by atoms with E-state index in [1.54, 1.807) is 0 Å². The van der Waals surface area contributed by atoms with Gasteiger partial charge in [-0.1, -0.05) is 0 Å². The van der Waals surface area contributed by atoms with Crippen LogP contribution in [0, 0.1) is 0 Å². The fourth-order valence-electron chi connectivity index (χ4n) is 2.05. The topological polar surface area (TPSA) is 107 Å². The SMILES string of the molecule is COC(=O)c1ccc(NS(=O)(=O)C2CCS(=O)(=O)C2)cc1. The Hall–Kier alpha value is -1.61. The lowest BCUT2D eigenvalue weighted by atomic mass is 10.2. The molecule has 0 saturated carbocycles. The van der Waals surface area contributed by atoms with Gasteiger partial charge in [0.2, 0.25) is 10.0 Å². The van der Waals surface area contributed by atoms with Crippen molar-refractivity contribution in [3.05, 3.63) is 29.8 Å². The first-order chi connectivity index (χ1) is 9.73. The van der Waals surface area contributed by atoms with E-state index in [1.165, 1.54) is 31.4 Å². The highest BCUT2D eigenvalue weighted by Crippen LogP contribution is 2.21. The number of hydrogen-bond donors (Lipinski definition) is 1. The molecule has 1 aromatic carbocycles. The summed E-state index contributed by atoms with van der Waals surface area (Å²) in [5.41, 5.74) is 0.566. The minimum Gasteiger partial charge on any atom is -0.465 e. The number of esters is 1. The summed E-state index contributed by atoms with van der Waals surface area (Å²) in [5.74, 6) is -0.992. The molecule has 1 atom stereocenters. The number of rotatable bonds is 4. The van der Waals surface area contributed by atoms with E-state index in [4.69, 9.17) is 0 Å². The van der Waals surface area contributed by atoms with Crippen LogP contribution in [0.2, 0.25) is 0 Å². The molecule has 1 aliphatic rings. The van der Waals surface area contributed by atoms with Gasteiger partial charge < -0.3 is 4.74 Å². The normalized spacial score (nSPS) is 20.9. The molecule has 1 aromatic rings. The van der Waals surface area contributed by atoms with Crippen LogP contribution in [0.5, 0.6) is 0 Å². The highest BCUT2D eigenvalue weighted by atomic mass is 32.2. The lowest BCUT2D eigenvalue weighted by Gasteiger charge is -2.12. The number of ether oxygens (including phenoxy) is 1. The molecule has 7 nitrogen and oxygen atoms in total. The first-order valence-electron chi connectivity index (χ1n) is 6.14. The van der Waals surface area contributed by atoms with Crippen LogP contribution in [0.3, 0.4) is 0 Å². The maximum absolute atomic E-state index is 12.1. The van der Waals surface area contributed by atoms with E-state index >= 15 is 0 Å². The lowest BCUT2D eigenvalue weighted by molar-refractivity contribution is 0.0600. The van der Waals surface area contributed by atoms with Crippen LogP contribution in [-0.4, -0.2) is 46.7 Å². The lowest BCUT2D eigenvalue weighted by Crippen LogP contribution is -2.28. The van der Waals surface area contributed by atoms with Gasteiger partial charge >= 0.3 is 5.97 Å². The van der Waals surface area contributed by atoms with Gasteiger partial charge in [0, 0.05) is 5.69 Å². The van der Waals surface area contributed by atoms with Gasteiger partial charge in [0.15, 0.2) is 9.84 Å². The molecule has 0 bridgehead atoms. The maximum Gasteiger partial charge on any atom is 0.337 e. The Morgan fingerprint density at radius 3 is 2.38 bits per heavy atom. The van der Waals surface area contributed by atoms with Crippen molar-refractivity contribution >= 4 is 31.5 Å². The molecule has 1 heterocycles. The molecule has 1 aliphatic heterocycles. The summed E-state index contributed by atoms with van der Waals surface area (Å²) in [5, 5.41) is -0.942. The fraction of sp³-hybridized carbons (Fsp3) is 0.417. The van der Waals surface area contributed by atoms with Crippen molar-refractivity contribution in [2.24, 2.45) is 0 Å². The number of benzene rings is 1. The van der Waals surface area contributed by atoms with E-state index in [0.717, 1.165) is 0 Å². The third-order valence-electron chi connectivity index (χ3n) is 3.20. The Kier molecular flexibility index (Phi) is 4.24. The standard InChI is InChI=1S/C12H15NO6S2/c1-19-12(14)9-2-4-10(5-3-9)13-21(17,18)11-6-7-20(15,16)8-11/h2-5,11,13H,6-8H2,1H3. The van der Waals surface area contributed by atoms with Gasteiger partial charge in [-0.25, -0.2) is 21.6 Å². The predicted molar refractivity (Wildman–Crippen MR) is 77.4 cm³/mol. The third-order valence-corrected chi connectivity index (χ3v) is 6.97. The second kappa shape index (κ2) is 5.64. The number of hydrogen-bond acceptors (Lipinski definition) is 6. The van der Waals surface area contributed by atoms with Crippen LogP contribution in [0.4, 0.5) is 5.69 Å². The molecule has 0 aliphatic carbocycles. The highest BCUT2D eigenvalue weighted by molar-refractivity contribution is 7.97. The molecule has 0 radical (unpaired) electrons. The van der Waals surface area contributed by atoms with Crippen molar-refractivity contribution in [1.82, 2.24) is 0 Å². The second-order valence-corrected chi connectivity index (χ2v) is 8.93. The molecule has 2 rings (SSSR count). The van der Waals surface area contributed by atoms with Gasteiger partial charge in [0.25, 0.3) is 0 Å². The molecule has 1 N–H and O–H groups in total. The van der Waals surface area contributed by atoms with Gasteiger partial charge in [0.05, 0.1) is 29.4 Å². The van der Waals surface area contributed by atoms with Gasteiger partial charge in [-0.05, 0) is 30.7 Å². The minimum absolute atomic E-state index is 0.0951. The Bertz CT molecular complexity index is 736. The molecule has 1 saturated heterocycles. The molecule has 1 unspecified atom stereocenters. The van der Waals surface area contributed by atoms with E-state index in [9.17, 15) is 21.6 Å². The summed E-state index contributed by atoms with van der Waals surface area (Å²) in [6.07, 6.45) is 0.0951. The summed E-state index contributed by atoms with van der Waals surface area (Å²) in [4.78, 5) is 11.3. The summed E-state index contributed by atoms with van der Waals surface area (Å²) in [7, 11) is -5.79. The average molecular weight is 333 g/mol. The molecular weight excluding hydrogens is 318 g/mol. The van der Waals surface area contributed by atoms with Crippen molar-refractivity contribution in [2.45, 2.75) is 11.7 Å². The first-order valence-corrected chi connectivity index (χ1v) is 9.51. The monoisotopic (exact) mass is 333 g/mol. The van der Waals surface area contributed by atoms with Crippen LogP contribution in [-0.2, 0) is 24.6 Å². The number of anilines is 1. The first kappa shape index (κ1) is 15.8. The van der Waals surface area contributed by atoms with Crippen LogP contribution >= 0.6 is 0 Å². The van der Waals surface area contributed by atoms with Crippen molar-refractivity contribution in [1.29, 1.82) is 0 Å². The summed E-state index contributed by atoms with van der Waals surface area (Å²) >= 11 is 0. The fourth-order valence-corrected chi connectivity index (χ4v) is 6.14. The van der Waals surface area contributed by atoms with Gasteiger partial charge in [-0.3, -0.25) is 4.72 Å². The third kappa shape index (κ3) is 3.73. The number of sulfonamides is 1. The van der Waals surface area contributed by atoms with Crippen LogP contribution in [0.25, 0.3) is 0 Å². The van der Waals surface area contributed by atoms with E-state index in [-0.39, 0.29) is 23.6 Å². The van der Waals surface area contributed by atoms with Crippen LogP contribution < -0.4 is 4.72 Å². The summed E-state index contributed by atoms with van der Waals surface area (Å²) in [6, 6.07) is 5.70. The van der Waals surface area contributed by atoms with Crippen molar-refractivity contribution in [3.63, 3.8) is 0 Å². The number of carbonyl (C=O) groups is 1. The minimum atomic E-state index is -3.77. The molecule has 0 amide bonds. The number of methoxy groups -OCH3 is 1. The van der Waals surface area contributed by atoms with Crippen molar-refractivity contribution < 1.29 is 26.4 Å². The zero-order chi connectivity index (χ0) is 15.7. The molecule has 116 valence electrons. The predicted octanol–water partition coefficient (Wildman–Crippen LogP) is 0.402. The second-order valence-electron chi connectivity index (χ2n) is 4.74. The van der Waals surface area contributed by atoms with Gasteiger partial charge in [-0.2, -0.15) is 0 Å². The Labute approximate surface area is 123 Å². The quantitative estimate of drug-likeness (QED) is 0.800. The van der Waals surface area contributed by atoms with E-state index in [0.29, 0.717) is 5.56 Å².